The van der Waals surface area contributed by atoms with Gasteiger partial charge in [0.05, 0.1) is 29.0 Å². The van der Waals surface area contributed by atoms with Crippen LogP contribution in [-0.2, 0) is 9.53 Å². The predicted octanol–water partition coefficient (Wildman–Crippen LogP) is 0.758. The summed E-state index contributed by atoms with van der Waals surface area (Å²) in [6, 6.07) is 6.00. The Morgan fingerprint density at radius 2 is 2.00 bits per heavy atom. The van der Waals surface area contributed by atoms with E-state index in [4.69, 9.17) is 16.3 Å². The highest BCUT2D eigenvalue weighted by Gasteiger charge is 2.22. The molecule has 0 aliphatic rings. The highest BCUT2D eigenvalue weighted by molar-refractivity contribution is 6.41. The molecule has 0 aliphatic heterocycles. The maximum absolute atomic E-state index is 11.7. The van der Waals surface area contributed by atoms with Crippen molar-refractivity contribution in [1.29, 1.82) is 10.5 Å². The van der Waals surface area contributed by atoms with Gasteiger partial charge in [0.25, 0.3) is 5.78 Å². The van der Waals surface area contributed by atoms with Crippen molar-refractivity contribution in [2.24, 2.45) is 0 Å². The van der Waals surface area contributed by atoms with Gasteiger partial charge in [-0.2, -0.15) is 10.5 Å². The normalized spacial score (nSPS) is 9.06. The second-order valence-electron chi connectivity index (χ2n) is 3.22. The molecule has 6 nitrogen and oxygen atoms in total. The number of hydrogen-bond acceptors (Lipinski definition) is 6. The molecule has 0 fully saturated rings. The van der Waals surface area contributed by atoms with Gasteiger partial charge in [-0.05, 0) is 19.1 Å². The van der Waals surface area contributed by atoms with Crippen LogP contribution in [0.3, 0.4) is 0 Å². The summed E-state index contributed by atoms with van der Waals surface area (Å²) in [4.78, 5) is 23.0. The number of esters is 1. The van der Waals surface area contributed by atoms with Gasteiger partial charge in [-0.25, -0.2) is 4.79 Å². The van der Waals surface area contributed by atoms with Gasteiger partial charge in [0.1, 0.15) is 12.1 Å². The van der Waals surface area contributed by atoms with E-state index < -0.39 is 11.8 Å². The second-order valence-corrected chi connectivity index (χ2v) is 3.22. The number of ether oxygens (including phenoxy) is 1. The molecule has 1 aromatic carbocycles. The standard InChI is InChI=1S/C12H9N3O3/c1-2-18-12(17)11(16)8-4-3-7(5-13)9(6-14)10(8)15/h3-4H,2,15H2,1H3. The van der Waals surface area contributed by atoms with E-state index in [0.29, 0.717) is 0 Å². The minimum atomic E-state index is -1.04. The maximum Gasteiger partial charge on any atom is 0.379 e. The van der Waals surface area contributed by atoms with Crippen LogP contribution in [0.1, 0.15) is 28.4 Å². The van der Waals surface area contributed by atoms with Crippen LogP contribution in [0.25, 0.3) is 0 Å². The Morgan fingerprint density at radius 1 is 1.33 bits per heavy atom. The number of nitrogens with zero attached hydrogens (tertiary/aromatic N) is 2. The molecule has 1 aromatic rings. The molecule has 2 N–H and O–H groups in total. The Hall–Kier alpha value is -2.86. The summed E-state index contributed by atoms with van der Waals surface area (Å²) in [5, 5.41) is 17.6. The largest absolute Gasteiger partial charge is 0.460 e. The van der Waals surface area contributed by atoms with Gasteiger partial charge in [-0.1, -0.05) is 0 Å². The minimum Gasteiger partial charge on any atom is -0.460 e. The zero-order valence-corrected chi connectivity index (χ0v) is 9.56. The van der Waals surface area contributed by atoms with Gasteiger partial charge in [0.2, 0.25) is 0 Å². The summed E-state index contributed by atoms with van der Waals surface area (Å²) >= 11 is 0. The van der Waals surface area contributed by atoms with Crippen LogP contribution < -0.4 is 5.73 Å². The van der Waals surface area contributed by atoms with E-state index in [1.54, 1.807) is 19.1 Å². The van der Waals surface area contributed by atoms with E-state index in [1.165, 1.54) is 12.1 Å². The van der Waals surface area contributed by atoms with Gasteiger partial charge in [0.15, 0.2) is 0 Å². The lowest BCUT2D eigenvalue weighted by Gasteiger charge is -2.06. The number of hydrogen-bond donors (Lipinski definition) is 1. The second kappa shape index (κ2) is 5.46. The monoisotopic (exact) mass is 243 g/mol. The molecule has 90 valence electrons. The first kappa shape index (κ1) is 13.2. The van der Waals surface area contributed by atoms with Crippen molar-refractivity contribution in [2.45, 2.75) is 6.92 Å². The van der Waals surface area contributed by atoms with Crippen LogP contribution in [-0.4, -0.2) is 18.4 Å². The summed E-state index contributed by atoms with van der Waals surface area (Å²) in [6.45, 7) is 1.62. The molecule has 0 spiro atoms. The summed E-state index contributed by atoms with van der Waals surface area (Å²) in [5.41, 5.74) is 5.22. The van der Waals surface area contributed by atoms with E-state index in [2.05, 4.69) is 4.74 Å². The number of benzene rings is 1. The molecule has 0 saturated carbocycles. The third-order valence-corrected chi connectivity index (χ3v) is 2.18. The third-order valence-electron chi connectivity index (χ3n) is 2.18. The average Bonchev–Trinajstić information content (AvgIpc) is 2.37. The van der Waals surface area contributed by atoms with E-state index in [-0.39, 0.29) is 29.0 Å². The van der Waals surface area contributed by atoms with Gasteiger partial charge < -0.3 is 10.5 Å². The van der Waals surface area contributed by atoms with Gasteiger partial charge in [-0.15, -0.1) is 0 Å². The maximum atomic E-state index is 11.7. The number of ketones is 1. The number of carbonyl (C=O) groups is 2. The fourth-order valence-corrected chi connectivity index (χ4v) is 1.34. The van der Waals surface area contributed by atoms with E-state index >= 15 is 0 Å². The molecule has 1 rings (SSSR count). The summed E-state index contributed by atoms with van der Waals surface area (Å²) in [7, 11) is 0. The van der Waals surface area contributed by atoms with Gasteiger partial charge >= 0.3 is 5.97 Å². The lowest BCUT2D eigenvalue weighted by atomic mass is 10.00. The van der Waals surface area contributed by atoms with Crippen molar-refractivity contribution in [3.63, 3.8) is 0 Å². The van der Waals surface area contributed by atoms with E-state index in [0.717, 1.165) is 0 Å². The Bertz CT molecular complexity index is 594. The Kier molecular flexibility index (Phi) is 4.01. The number of nitriles is 2. The van der Waals surface area contributed by atoms with Crippen LogP contribution in [0.2, 0.25) is 0 Å². The smallest absolute Gasteiger partial charge is 0.379 e. The number of nitrogens with two attached hydrogens (primary N) is 1. The first-order chi connectivity index (χ1) is 8.56. The molecule has 0 aliphatic carbocycles. The van der Waals surface area contributed by atoms with Crippen LogP contribution in [0.5, 0.6) is 0 Å². The zero-order chi connectivity index (χ0) is 13.7. The highest BCUT2D eigenvalue weighted by atomic mass is 16.5. The van der Waals surface area contributed by atoms with Crippen LogP contribution in [0.4, 0.5) is 5.69 Å². The van der Waals surface area contributed by atoms with Gasteiger partial charge in [0, 0.05) is 0 Å². The number of anilines is 1. The van der Waals surface area contributed by atoms with Crippen LogP contribution in [0, 0.1) is 22.7 Å². The molecule has 18 heavy (non-hydrogen) atoms. The van der Waals surface area contributed by atoms with E-state index in [9.17, 15) is 9.59 Å². The van der Waals surface area contributed by atoms with Gasteiger partial charge in [-0.3, -0.25) is 4.79 Å². The summed E-state index contributed by atoms with van der Waals surface area (Å²) in [6.07, 6.45) is 0. The van der Waals surface area contributed by atoms with Crippen LogP contribution in [0.15, 0.2) is 12.1 Å². The number of rotatable bonds is 3. The highest BCUT2D eigenvalue weighted by Crippen LogP contribution is 2.21. The van der Waals surface area contributed by atoms with Crippen molar-refractivity contribution in [2.75, 3.05) is 12.3 Å². The lowest BCUT2D eigenvalue weighted by Crippen LogP contribution is -2.19. The zero-order valence-electron chi connectivity index (χ0n) is 9.56. The number of Topliss-reactive ketones (excluding diaryl/α,β-unsaturated/α-hetero) is 1. The molecule has 0 saturated heterocycles. The Balaban J connectivity index is 3.30. The van der Waals surface area contributed by atoms with Crippen LogP contribution >= 0.6 is 0 Å². The van der Waals surface area contributed by atoms with Crippen molar-refractivity contribution in [1.82, 2.24) is 0 Å². The topological polar surface area (TPSA) is 117 Å². The molecule has 0 atom stereocenters. The van der Waals surface area contributed by atoms with E-state index in [1.807, 2.05) is 0 Å². The molecular formula is C12H9N3O3. The predicted molar refractivity (Wildman–Crippen MR) is 61.2 cm³/mol. The first-order valence-electron chi connectivity index (χ1n) is 5.00. The first-order valence-corrected chi connectivity index (χ1v) is 5.00. The van der Waals surface area contributed by atoms with Crippen molar-refractivity contribution in [3.05, 3.63) is 28.8 Å². The number of nitrogen functional groups attached to an aromatic ring is 1. The lowest BCUT2D eigenvalue weighted by molar-refractivity contribution is -0.137. The minimum absolute atomic E-state index is 0.0513. The summed E-state index contributed by atoms with van der Waals surface area (Å²) in [5.74, 6) is -1.98. The van der Waals surface area contributed by atoms with Crippen molar-refractivity contribution >= 4 is 17.4 Å². The fraction of sp³-hybridized carbons (Fsp3) is 0.167. The van der Waals surface area contributed by atoms with Crippen molar-refractivity contribution in [3.8, 4) is 12.1 Å². The number of carbonyl (C=O) groups excluding carboxylic acids is 2. The molecule has 0 amide bonds. The molecule has 0 aromatic heterocycles. The Morgan fingerprint density at radius 3 is 2.50 bits per heavy atom. The molecular weight excluding hydrogens is 234 g/mol. The molecule has 0 unspecified atom stereocenters. The fourth-order valence-electron chi connectivity index (χ4n) is 1.34. The molecule has 0 radical (unpaired) electrons. The molecule has 0 bridgehead atoms. The average molecular weight is 243 g/mol. The quantitative estimate of drug-likeness (QED) is 0.362. The summed E-state index contributed by atoms with van der Waals surface area (Å²) < 4.78 is 4.55. The third kappa shape index (κ3) is 2.28. The van der Waals surface area contributed by atoms with Crippen molar-refractivity contribution < 1.29 is 14.3 Å². The molecule has 6 heteroatoms. The Labute approximate surface area is 103 Å². The SMILES string of the molecule is CCOC(=O)C(=O)c1ccc(C#N)c(C#N)c1N. The molecule has 0 heterocycles.